The van der Waals surface area contributed by atoms with E-state index in [1.54, 1.807) is 24.3 Å². The van der Waals surface area contributed by atoms with Crippen LogP contribution in [0.15, 0.2) is 42.5 Å². The number of nitrogens with zero attached hydrogens (tertiary/aromatic N) is 2. The number of nitrogens with one attached hydrogen (secondary N) is 3. The first kappa shape index (κ1) is 23.9. The van der Waals surface area contributed by atoms with E-state index < -0.39 is 18.0 Å². The largest absolute Gasteiger partial charge is 0.326 e. The number of urea groups is 1. The molecule has 0 aliphatic rings. The van der Waals surface area contributed by atoms with Gasteiger partial charge in [0.1, 0.15) is 16.9 Å². The number of rotatable bonds is 7. The van der Waals surface area contributed by atoms with Crippen LogP contribution in [0, 0.1) is 11.7 Å². The Bertz CT molecular complexity index is 1110. The van der Waals surface area contributed by atoms with Crippen LogP contribution in [0.5, 0.6) is 0 Å². The number of hydrogen-bond acceptors (Lipinski definition) is 5. The predicted molar refractivity (Wildman–Crippen MR) is 126 cm³/mol. The molecule has 3 N–H and O–H groups in total. The highest BCUT2D eigenvalue weighted by atomic mass is 35.5. The van der Waals surface area contributed by atoms with Crippen molar-refractivity contribution >= 4 is 57.3 Å². The van der Waals surface area contributed by atoms with Crippen LogP contribution in [0.3, 0.4) is 0 Å². The van der Waals surface area contributed by atoms with E-state index in [9.17, 15) is 14.0 Å². The van der Waals surface area contributed by atoms with E-state index >= 15 is 0 Å². The second-order valence-electron chi connectivity index (χ2n) is 6.99. The number of halogens is 3. The highest BCUT2D eigenvalue weighted by Gasteiger charge is 2.27. The highest BCUT2D eigenvalue weighted by molar-refractivity contribution is 7.18. The summed E-state index contributed by atoms with van der Waals surface area (Å²) in [7, 11) is 0. The van der Waals surface area contributed by atoms with Crippen molar-refractivity contribution < 1.29 is 14.0 Å². The van der Waals surface area contributed by atoms with Crippen molar-refractivity contribution in [2.75, 3.05) is 10.6 Å². The molecule has 3 rings (SSSR count). The fraction of sp³-hybridized carbons (Fsp3) is 0.238. The summed E-state index contributed by atoms with van der Waals surface area (Å²) >= 11 is 13.1. The van der Waals surface area contributed by atoms with Gasteiger partial charge in [-0.15, -0.1) is 10.2 Å². The molecule has 3 amide bonds. The molecule has 3 aromatic rings. The molecular weight excluding hydrogens is 476 g/mol. The molecule has 1 heterocycles. The van der Waals surface area contributed by atoms with E-state index in [-0.39, 0.29) is 21.9 Å². The monoisotopic (exact) mass is 495 g/mol. The summed E-state index contributed by atoms with van der Waals surface area (Å²) in [5.74, 6) is -0.947. The summed E-state index contributed by atoms with van der Waals surface area (Å²) in [5, 5.41) is 17.5. The van der Waals surface area contributed by atoms with Crippen LogP contribution >= 0.6 is 34.5 Å². The van der Waals surface area contributed by atoms with Gasteiger partial charge in [0.05, 0.1) is 10.7 Å². The molecule has 168 valence electrons. The smallest absolute Gasteiger partial charge is 0.319 e. The lowest BCUT2D eigenvalue weighted by molar-refractivity contribution is -0.119. The molecular formula is C21H20Cl2FN5O2S. The van der Waals surface area contributed by atoms with E-state index in [1.165, 1.54) is 18.2 Å². The van der Waals surface area contributed by atoms with Gasteiger partial charge in [-0.25, -0.2) is 9.18 Å². The van der Waals surface area contributed by atoms with Crippen molar-refractivity contribution in [3.63, 3.8) is 0 Å². The molecule has 0 unspecified atom stereocenters. The average Bonchev–Trinajstić information content (AvgIpc) is 3.22. The molecule has 2 atom stereocenters. The molecule has 0 bridgehead atoms. The number of carbonyl (C=O) groups is 2. The zero-order valence-corrected chi connectivity index (χ0v) is 19.5. The number of carbonyl (C=O) groups excluding carboxylic acids is 2. The molecule has 0 fully saturated rings. The van der Waals surface area contributed by atoms with Crippen molar-refractivity contribution in [1.29, 1.82) is 0 Å². The van der Waals surface area contributed by atoms with Gasteiger partial charge in [-0.3, -0.25) is 10.1 Å². The second-order valence-corrected chi connectivity index (χ2v) is 8.82. The fourth-order valence-electron chi connectivity index (χ4n) is 2.76. The lowest BCUT2D eigenvalue weighted by Crippen LogP contribution is -2.49. The minimum absolute atomic E-state index is 0.161. The molecule has 0 radical (unpaired) electrons. The van der Waals surface area contributed by atoms with Crippen LogP contribution in [0.2, 0.25) is 10.0 Å². The lowest BCUT2D eigenvalue weighted by atomic mass is 9.98. The maximum absolute atomic E-state index is 13.1. The van der Waals surface area contributed by atoms with Crippen LogP contribution in [0.25, 0.3) is 10.6 Å². The Kier molecular flexibility index (Phi) is 8.00. The highest BCUT2D eigenvalue weighted by Crippen LogP contribution is 2.27. The van der Waals surface area contributed by atoms with Crippen molar-refractivity contribution in [2.24, 2.45) is 5.92 Å². The van der Waals surface area contributed by atoms with E-state index in [1.807, 2.05) is 13.8 Å². The van der Waals surface area contributed by atoms with E-state index in [0.717, 1.165) is 11.3 Å². The normalized spacial score (nSPS) is 12.7. The number of aromatic nitrogens is 2. The molecule has 11 heteroatoms. The van der Waals surface area contributed by atoms with Gasteiger partial charge in [-0.2, -0.15) is 0 Å². The van der Waals surface area contributed by atoms with Crippen LogP contribution in [0.1, 0.15) is 20.3 Å². The lowest BCUT2D eigenvalue weighted by Gasteiger charge is -2.23. The molecule has 7 nitrogen and oxygen atoms in total. The second kappa shape index (κ2) is 10.7. The van der Waals surface area contributed by atoms with Gasteiger partial charge < -0.3 is 10.6 Å². The van der Waals surface area contributed by atoms with Crippen molar-refractivity contribution in [3.8, 4) is 10.6 Å². The maximum Gasteiger partial charge on any atom is 0.319 e. The Morgan fingerprint density at radius 3 is 2.47 bits per heavy atom. The van der Waals surface area contributed by atoms with Gasteiger partial charge in [-0.05, 0) is 48.4 Å². The van der Waals surface area contributed by atoms with Crippen LogP contribution < -0.4 is 16.0 Å². The van der Waals surface area contributed by atoms with E-state index in [4.69, 9.17) is 23.2 Å². The van der Waals surface area contributed by atoms with Crippen molar-refractivity contribution in [1.82, 2.24) is 15.5 Å². The molecule has 0 aliphatic heterocycles. The molecule has 2 aromatic carbocycles. The van der Waals surface area contributed by atoms with E-state index in [0.29, 0.717) is 27.7 Å². The third kappa shape index (κ3) is 6.15. The standard InChI is InChI=1S/C21H20Cl2FN5O2S/c1-3-11(2)17(26-20(31)25-16-9-6-13(22)10-15(16)23)18(30)27-21-29-28-19(32-21)12-4-7-14(24)8-5-12/h4-11,17H,3H2,1-2H3,(H2,25,26,31)(H,27,29,30)/t11-,17+/m1/s1. The summed E-state index contributed by atoms with van der Waals surface area (Å²) in [4.78, 5) is 25.4. The quantitative estimate of drug-likeness (QED) is 0.384. The van der Waals surface area contributed by atoms with Gasteiger partial charge >= 0.3 is 6.03 Å². The van der Waals surface area contributed by atoms with Crippen LogP contribution in [-0.4, -0.2) is 28.2 Å². The number of amides is 3. The Balaban J connectivity index is 1.68. The summed E-state index contributed by atoms with van der Waals surface area (Å²) in [6.45, 7) is 3.77. The van der Waals surface area contributed by atoms with Gasteiger partial charge in [0.25, 0.3) is 0 Å². The molecule has 1 aromatic heterocycles. The first-order chi connectivity index (χ1) is 15.3. The Morgan fingerprint density at radius 2 is 1.81 bits per heavy atom. The topological polar surface area (TPSA) is 96.0 Å². The minimum atomic E-state index is -0.829. The summed E-state index contributed by atoms with van der Waals surface area (Å²) in [5.41, 5.74) is 1.05. The zero-order chi connectivity index (χ0) is 23.3. The van der Waals surface area contributed by atoms with Crippen molar-refractivity contribution in [2.45, 2.75) is 26.3 Å². The molecule has 0 spiro atoms. The number of benzene rings is 2. The predicted octanol–water partition coefficient (Wildman–Crippen LogP) is 5.83. The summed E-state index contributed by atoms with van der Waals surface area (Å²) in [6, 6.07) is 9.06. The summed E-state index contributed by atoms with van der Waals surface area (Å²) < 4.78 is 13.1. The molecule has 0 saturated heterocycles. The van der Waals surface area contributed by atoms with Crippen LogP contribution in [-0.2, 0) is 4.79 Å². The van der Waals surface area contributed by atoms with Gasteiger partial charge in [0.15, 0.2) is 0 Å². The van der Waals surface area contributed by atoms with Crippen molar-refractivity contribution in [3.05, 3.63) is 58.3 Å². The molecule has 32 heavy (non-hydrogen) atoms. The van der Waals surface area contributed by atoms with Gasteiger partial charge in [-0.1, -0.05) is 54.8 Å². The average molecular weight is 496 g/mol. The SMILES string of the molecule is CC[C@@H](C)[C@H](NC(=O)Nc1ccc(Cl)cc1Cl)C(=O)Nc1nnc(-c2ccc(F)cc2)s1. The third-order valence-corrected chi connectivity index (χ3v) is 6.14. The number of hydrogen-bond donors (Lipinski definition) is 3. The minimum Gasteiger partial charge on any atom is -0.326 e. The fourth-order valence-corrected chi connectivity index (χ4v) is 3.97. The van der Waals surface area contributed by atoms with Gasteiger partial charge in [0.2, 0.25) is 11.0 Å². The Hall–Kier alpha value is -2.75. The molecule has 0 saturated carbocycles. The first-order valence-electron chi connectivity index (χ1n) is 9.69. The first-order valence-corrected chi connectivity index (χ1v) is 11.3. The van der Waals surface area contributed by atoms with E-state index in [2.05, 4.69) is 26.1 Å². The third-order valence-electron chi connectivity index (χ3n) is 4.71. The number of anilines is 2. The Labute approximate surface area is 198 Å². The Morgan fingerprint density at radius 1 is 1.09 bits per heavy atom. The van der Waals surface area contributed by atoms with Crippen LogP contribution in [0.4, 0.5) is 20.0 Å². The molecule has 0 aliphatic carbocycles. The summed E-state index contributed by atoms with van der Waals surface area (Å²) in [6.07, 6.45) is 0.650. The zero-order valence-electron chi connectivity index (χ0n) is 17.2. The van der Waals surface area contributed by atoms with Gasteiger partial charge in [0, 0.05) is 10.6 Å². The maximum atomic E-state index is 13.1.